The molecule has 0 aliphatic rings. The first-order valence-corrected chi connectivity index (χ1v) is 9.49. The number of halogens is 2. The molecule has 150 valence electrons. The van der Waals surface area contributed by atoms with Gasteiger partial charge in [-0.15, -0.1) is 0 Å². The number of amides is 1. The number of nitrogens with one attached hydrogen (secondary N) is 1. The average molecular weight is 416 g/mol. The fourth-order valence-corrected chi connectivity index (χ4v) is 3.20. The Morgan fingerprint density at radius 3 is 2.59 bits per heavy atom. The van der Waals surface area contributed by atoms with Gasteiger partial charge in [0.1, 0.15) is 6.61 Å². The van der Waals surface area contributed by atoms with Crippen LogP contribution in [0.5, 0.6) is 11.5 Å². The number of thioether (sulfide) groups is 1. The minimum absolute atomic E-state index is 0.174. The zero-order valence-corrected chi connectivity index (χ0v) is 16.3. The van der Waals surface area contributed by atoms with Crippen LogP contribution in [0, 0.1) is 0 Å². The molecule has 1 aromatic heterocycles. The van der Waals surface area contributed by atoms with E-state index in [9.17, 15) is 13.6 Å². The topological polar surface area (TPSA) is 60.5 Å². The largest absolute Gasteiger partial charge is 0.493 e. The Hall–Kier alpha value is -3.13. The second kappa shape index (κ2) is 9.88. The van der Waals surface area contributed by atoms with E-state index >= 15 is 0 Å². The number of alkyl halides is 2. The minimum atomic E-state index is -2.61. The number of benzene rings is 2. The number of pyridine rings is 1. The van der Waals surface area contributed by atoms with Gasteiger partial charge in [0.15, 0.2) is 11.5 Å². The molecule has 0 radical (unpaired) electrons. The van der Waals surface area contributed by atoms with E-state index in [1.54, 1.807) is 42.7 Å². The number of carbonyl (C=O) groups excluding carboxylic acids is 1. The van der Waals surface area contributed by atoms with Crippen LogP contribution in [0.3, 0.4) is 0 Å². The minimum Gasteiger partial charge on any atom is -0.493 e. The number of hydrogen-bond acceptors (Lipinski definition) is 5. The molecule has 0 aliphatic carbocycles. The number of carbonyl (C=O) groups is 1. The van der Waals surface area contributed by atoms with Crippen molar-refractivity contribution in [1.29, 1.82) is 0 Å². The summed E-state index contributed by atoms with van der Waals surface area (Å²) in [6.07, 6.45) is 3.34. The molecule has 29 heavy (non-hydrogen) atoms. The van der Waals surface area contributed by atoms with Gasteiger partial charge < -0.3 is 14.8 Å². The molecule has 3 aromatic rings. The lowest BCUT2D eigenvalue weighted by Gasteiger charge is -2.14. The van der Waals surface area contributed by atoms with Gasteiger partial charge in [-0.3, -0.25) is 9.78 Å². The van der Waals surface area contributed by atoms with E-state index in [0.29, 0.717) is 35.6 Å². The van der Waals surface area contributed by atoms with Gasteiger partial charge in [-0.05, 0) is 42.0 Å². The molecule has 0 fully saturated rings. The highest BCUT2D eigenvalue weighted by Gasteiger charge is 2.16. The maximum absolute atomic E-state index is 12.7. The van der Waals surface area contributed by atoms with Crippen molar-refractivity contribution in [1.82, 2.24) is 4.98 Å². The number of methoxy groups -OCH3 is 1. The highest BCUT2D eigenvalue weighted by atomic mass is 32.2. The van der Waals surface area contributed by atoms with Crippen molar-refractivity contribution in [3.05, 3.63) is 78.1 Å². The SMILES string of the molecule is COc1ccc(NC(=O)c2ccccc2SC(F)F)cc1OCc1ccncc1. The zero-order chi connectivity index (χ0) is 20.6. The van der Waals surface area contributed by atoms with Gasteiger partial charge in [-0.2, -0.15) is 8.78 Å². The Kier molecular flexibility index (Phi) is 7.02. The van der Waals surface area contributed by atoms with Gasteiger partial charge in [-0.1, -0.05) is 23.9 Å². The van der Waals surface area contributed by atoms with Crippen molar-refractivity contribution in [3.8, 4) is 11.5 Å². The van der Waals surface area contributed by atoms with E-state index in [-0.39, 0.29) is 10.5 Å². The lowest BCUT2D eigenvalue weighted by Crippen LogP contribution is -2.13. The number of nitrogens with zero attached hydrogens (tertiary/aromatic N) is 1. The van der Waals surface area contributed by atoms with Crippen LogP contribution < -0.4 is 14.8 Å². The van der Waals surface area contributed by atoms with Crippen LogP contribution in [0.25, 0.3) is 0 Å². The molecule has 1 N–H and O–H groups in total. The molecule has 1 amide bonds. The predicted molar refractivity (Wildman–Crippen MR) is 108 cm³/mol. The summed E-state index contributed by atoms with van der Waals surface area (Å²) in [5, 5.41) is 2.72. The summed E-state index contributed by atoms with van der Waals surface area (Å²) in [6.45, 7) is 0.296. The summed E-state index contributed by atoms with van der Waals surface area (Å²) in [5.41, 5.74) is 1.56. The van der Waals surface area contributed by atoms with Crippen LogP contribution in [0.15, 0.2) is 71.9 Å². The van der Waals surface area contributed by atoms with Gasteiger partial charge in [-0.25, -0.2) is 0 Å². The first kappa shape index (κ1) is 20.6. The molecule has 0 saturated heterocycles. The fraction of sp³-hybridized carbons (Fsp3) is 0.143. The van der Waals surface area contributed by atoms with Gasteiger partial charge in [0, 0.05) is 29.0 Å². The molecule has 0 bridgehead atoms. The van der Waals surface area contributed by atoms with Crippen LogP contribution >= 0.6 is 11.8 Å². The third-order valence-corrected chi connectivity index (χ3v) is 4.70. The lowest BCUT2D eigenvalue weighted by atomic mass is 10.2. The molecule has 0 spiro atoms. The highest BCUT2D eigenvalue weighted by molar-refractivity contribution is 7.99. The van der Waals surface area contributed by atoms with Gasteiger partial charge in [0.25, 0.3) is 11.7 Å². The third kappa shape index (κ3) is 5.68. The molecule has 0 saturated carbocycles. The molecule has 8 heteroatoms. The van der Waals surface area contributed by atoms with Gasteiger partial charge in [0.05, 0.1) is 12.7 Å². The van der Waals surface area contributed by atoms with Crippen molar-refractivity contribution in [2.24, 2.45) is 0 Å². The quantitative estimate of drug-likeness (QED) is 0.509. The van der Waals surface area contributed by atoms with Crippen molar-refractivity contribution < 1.29 is 23.0 Å². The van der Waals surface area contributed by atoms with Crippen molar-refractivity contribution in [3.63, 3.8) is 0 Å². The summed E-state index contributed by atoms with van der Waals surface area (Å²) in [5.74, 6) is -2.15. The van der Waals surface area contributed by atoms with Crippen LogP contribution in [0.1, 0.15) is 15.9 Å². The molecule has 0 aliphatic heterocycles. The van der Waals surface area contributed by atoms with E-state index in [2.05, 4.69) is 10.3 Å². The smallest absolute Gasteiger partial charge is 0.288 e. The second-order valence-corrected chi connectivity index (χ2v) is 6.87. The molecule has 1 heterocycles. The lowest BCUT2D eigenvalue weighted by molar-refractivity contribution is 0.102. The van der Waals surface area contributed by atoms with E-state index in [0.717, 1.165) is 5.56 Å². The van der Waals surface area contributed by atoms with Gasteiger partial charge in [0.2, 0.25) is 0 Å². The Morgan fingerprint density at radius 1 is 1.10 bits per heavy atom. The van der Waals surface area contributed by atoms with Crippen LogP contribution in [0.4, 0.5) is 14.5 Å². The fourth-order valence-electron chi connectivity index (χ4n) is 2.56. The molecule has 3 rings (SSSR count). The summed E-state index contributed by atoms with van der Waals surface area (Å²) in [6, 6.07) is 14.8. The zero-order valence-electron chi connectivity index (χ0n) is 15.5. The van der Waals surface area contributed by atoms with Crippen molar-refractivity contribution >= 4 is 23.4 Å². The Balaban J connectivity index is 1.77. The highest BCUT2D eigenvalue weighted by Crippen LogP contribution is 2.32. The standard InChI is InChI=1S/C21H18F2N2O3S/c1-27-17-7-6-15(12-18(17)28-13-14-8-10-24-11-9-14)25-20(26)16-4-2-3-5-19(16)29-21(22)23/h2-12,21H,13H2,1H3,(H,25,26). The summed E-state index contributed by atoms with van der Waals surface area (Å²) in [7, 11) is 1.52. The second-order valence-electron chi connectivity index (χ2n) is 5.84. The van der Waals surface area contributed by atoms with E-state index in [4.69, 9.17) is 9.47 Å². The molecule has 0 atom stereocenters. The van der Waals surface area contributed by atoms with Crippen molar-refractivity contribution in [2.75, 3.05) is 12.4 Å². The summed E-state index contributed by atoms with van der Waals surface area (Å²) in [4.78, 5) is 16.8. The molecule has 0 unspecified atom stereocenters. The normalized spacial score (nSPS) is 10.6. The maximum atomic E-state index is 12.7. The number of ether oxygens (including phenoxy) is 2. The number of hydrogen-bond donors (Lipinski definition) is 1. The predicted octanol–water partition coefficient (Wildman–Crippen LogP) is 5.24. The van der Waals surface area contributed by atoms with Crippen LogP contribution in [-0.4, -0.2) is 23.8 Å². The van der Waals surface area contributed by atoms with Crippen molar-refractivity contribution in [2.45, 2.75) is 17.3 Å². The number of aromatic nitrogens is 1. The monoisotopic (exact) mass is 416 g/mol. The van der Waals surface area contributed by atoms with Crippen LogP contribution in [0.2, 0.25) is 0 Å². The first-order valence-electron chi connectivity index (χ1n) is 8.61. The Bertz CT molecular complexity index is 971. The van der Waals surface area contributed by atoms with Crippen LogP contribution in [-0.2, 0) is 6.61 Å². The molecular formula is C21H18F2N2O3S. The van der Waals surface area contributed by atoms with E-state index < -0.39 is 11.7 Å². The summed E-state index contributed by atoms with van der Waals surface area (Å²) >= 11 is 0.335. The van der Waals surface area contributed by atoms with E-state index in [1.807, 2.05) is 12.1 Å². The molecular weight excluding hydrogens is 398 g/mol. The van der Waals surface area contributed by atoms with E-state index in [1.165, 1.54) is 19.2 Å². The first-order chi connectivity index (χ1) is 14.1. The molecule has 2 aromatic carbocycles. The average Bonchev–Trinajstić information content (AvgIpc) is 2.73. The number of rotatable bonds is 8. The third-order valence-electron chi connectivity index (χ3n) is 3.91. The Labute approximate surface area is 171 Å². The number of anilines is 1. The molecule has 5 nitrogen and oxygen atoms in total. The summed E-state index contributed by atoms with van der Waals surface area (Å²) < 4.78 is 36.6. The van der Waals surface area contributed by atoms with Gasteiger partial charge >= 0.3 is 0 Å². The maximum Gasteiger partial charge on any atom is 0.288 e. The Morgan fingerprint density at radius 2 is 1.86 bits per heavy atom.